The third-order valence-electron chi connectivity index (χ3n) is 2.08. The summed E-state index contributed by atoms with van der Waals surface area (Å²) < 4.78 is 4.83. The van der Waals surface area contributed by atoms with Crippen molar-refractivity contribution in [1.82, 2.24) is 0 Å². The van der Waals surface area contributed by atoms with Crippen molar-refractivity contribution < 1.29 is 19.4 Å². The van der Waals surface area contributed by atoms with Crippen LogP contribution in [0.4, 0.5) is 0 Å². The highest BCUT2D eigenvalue weighted by atomic mass is 16.5. The SMILES string of the molecule is CC(C)[C@@H](N)C(=O)O[C@@H](C)[C@@H](N)C(=O)O. The Bertz CT molecular complexity index is 242. The smallest absolute Gasteiger partial charge is 0.324 e. The summed E-state index contributed by atoms with van der Waals surface area (Å²) in [6.07, 6.45) is -0.889. The van der Waals surface area contributed by atoms with Crippen molar-refractivity contribution in [2.24, 2.45) is 17.4 Å². The Labute approximate surface area is 88.6 Å². The van der Waals surface area contributed by atoms with Gasteiger partial charge in [-0.15, -0.1) is 0 Å². The molecule has 0 saturated heterocycles. The van der Waals surface area contributed by atoms with Crippen molar-refractivity contribution in [2.75, 3.05) is 0 Å². The second-order valence-corrected chi connectivity index (χ2v) is 3.78. The number of hydrogen-bond acceptors (Lipinski definition) is 5. The van der Waals surface area contributed by atoms with Crippen LogP contribution in [0.25, 0.3) is 0 Å². The summed E-state index contributed by atoms with van der Waals surface area (Å²) in [4.78, 5) is 21.8. The summed E-state index contributed by atoms with van der Waals surface area (Å²) in [5.74, 6) is -1.91. The molecular weight excluding hydrogens is 200 g/mol. The average Bonchev–Trinajstić information content (AvgIpc) is 2.14. The van der Waals surface area contributed by atoms with Crippen molar-refractivity contribution in [3.63, 3.8) is 0 Å². The number of ether oxygens (including phenoxy) is 1. The van der Waals surface area contributed by atoms with Crippen molar-refractivity contribution >= 4 is 11.9 Å². The fourth-order valence-electron chi connectivity index (χ4n) is 0.808. The second-order valence-electron chi connectivity index (χ2n) is 3.78. The van der Waals surface area contributed by atoms with Crippen molar-refractivity contribution in [1.29, 1.82) is 0 Å². The monoisotopic (exact) mass is 218 g/mol. The zero-order valence-corrected chi connectivity index (χ0v) is 9.14. The Morgan fingerprint density at radius 2 is 1.60 bits per heavy atom. The third-order valence-corrected chi connectivity index (χ3v) is 2.08. The maximum absolute atomic E-state index is 11.3. The lowest BCUT2D eigenvalue weighted by Crippen LogP contribution is -2.46. The molecule has 0 aromatic heterocycles. The van der Waals surface area contributed by atoms with Crippen LogP contribution in [0.1, 0.15) is 20.8 Å². The lowest BCUT2D eigenvalue weighted by atomic mass is 10.1. The third kappa shape index (κ3) is 4.26. The largest absolute Gasteiger partial charge is 0.480 e. The number of carbonyl (C=O) groups is 2. The zero-order chi connectivity index (χ0) is 12.2. The Morgan fingerprint density at radius 3 is 1.93 bits per heavy atom. The molecule has 5 N–H and O–H groups in total. The van der Waals surface area contributed by atoms with Gasteiger partial charge in [-0.25, -0.2) is 0 Å². The van der Waals surface area contributed by atoms with Gasteiger partial charge < -0.3 is 21.3 Å². The number of nitrogens with two attached hydrogens (primary N) is 2. The van der Waals surface area contributed by atoms with Gasteiger partial charge in [-0.2, -0.15) is 0 Å². The van der Waals surface area contributed by atoms with E-state index in [4.69, 9.17) is 21.3 Å². The molecular formula is C9H18N2O4. The van der Waals surface area contributed by atoms with Gasteiger partial charge in [-0.1, -0.05) is 13.8 Å². The first-order chi connectivity index (χ1) is 6.77. The molecule has 0 radical (unpaired) electrons. The van der Waals surface area contributed by atoms with E-state index >= 15 is 0 Å². The molecule has 0 fully saturated rings. The zero-order valence-electron chi connectivity index (χ0n) is 9.14. The van der Waals surface area contributed by atoms with Gasteiger partial charge in [0.15, 0.2) is 0 Å². The number of rotatable bonds is 5. The molecule has 88 valence electrons. The lowest BCUT2D eigenvalue weighted by molar-refractivity contribution is -0.155. The molecule has 0 spiro atoms. The van der Waals surface area contributed by atoms with Crippen LogP contribution >= 0.6 is 0 Å². The minimum atomic E-state index is -1.23. The van der Waals surface area contributed by atoms with Gasteiger partial charge in [0.2, 0.25) is 0 Å². The molecule has 0 aliphatic carbocycles. The van der Waals surface area contributed by atoms with E-state index in [1.807, 2.05) is 0 Å². The molecule has 0 bridgehead atoms. The van der Waals surface area contributed by atoms with Crippen LogP contribution < -0.4 is 11.5 Å². The number of carboxylic acid groups (broad SMARTS) is 1. The first-order valence-electron chi connectivity index (χ1n) is 4.71. The minimum Gasteiger partial charge on any atom is -0.480 e. The Morgan fingerprint density at radius 1 is 1.13 bits per heavy atom. The van der Waals surface area contributed by atoms with E-state index in [9.17, 15) is 9.59 Å². The number of carboxylic acids is 1. The van der Waals surface area contributed by atoms with Gasteiger partial charge in [-0.3, -0.25) is 9.59 Å². The number of carbonyl (C=O) groups excluding carboxylic acids is 1. The van der Waals surface area contributed by atoms with Gasteiger partial charge in [0, 0.05) is 0 Å². The fraction of sp³-hybridized carbons (Fsp3) is 0.778. The molecule has 3 atom stereocenters. The summed E-state index contributed by atoms with van der Waals surface area (Å²) in [7, 11) is 0. The molecule has 6 nitrogen and oxygen atoms in total. The van der Waals surface area contributed by atoms with Crippen LogP contribution in [-0.2, 0) is 14.3 Å². The normalized spacial score (nSPS) is 16.9. The van der Waals surface area contributed by atoms with Crippen molar-refractivity contribution in [3.05, 3.63) is 0 Å². The van der Waals surface area contributed by atoms with E-state index in [1.54, 1.807) is 13.8 Å². The highest BCUT2D eigenvalue weighted by Gasteiger charge is 2.27. The molecule has 0 aliphatic rings. The summed E-state index contributed by atoms with van der Waals surface area (Å²) in [5.41, 5.74) is 10.8. The Balaban J connectivity index is 4.24. The summed E-state index contributed by atoms with van der Waals surface area (Å²) in [6.45, 7) is 4.96. The summed E-state index contributed by atoms with van der Waals surface area (Å²) in [6, 6.07) is -1.98. The van der Waals surface area contributed by atoms with Crippen molar-refractivity contribution in [3.8, 4) is 0 Å². The van der Waals surface area contributed by atoms with Crippen LogP contribution in [0.15, 0.2) is 0 Å². The number of esters is 1. The van der Waals surface area contributed by atoms with E-state index in [0.29, 0.717) is 0 Å². The highest BCUT2D eigenvalue weighted by Crippen LogP contribution is 2.04. The molecule has 0 aromatic rings. The minimum absolute atomic E-state index is 0.0641. The second kappa shape index (κ2) is 5.67. The number of aliphatic carboxylic acids is 1. The molecule has 0 unspecified atom stereocenters. The Hall–Kier alpha value is -1.14. The Kier molecular flexibility index (Phi) is 5.24. The van der Waals surface area contributed by atoms with Gasteiger partial charge in [0.05, 0.1) is 0 Å². The maximum atomic E-state index is 11.3. The van der Waals surface area contributed by atoms with Gasteiger partial charge in [-0.05, 0) is 12.8 Å². The molecule has 6 heteroatoms. The van der Waals surface area contributed by atoms with Crippen molar-refractivity contribution in [2.45, 2.75) is 39.0 Å². The van der Waals surface area contributed by atoms with E-state index in [1.165, 1.54) is 6.92 Å². The van der Waals surface area contributed by atoms with Gasteiger partial charge in [0.25, 0.3) is 0 Å². The molecule has 0 aliphatic heterocycles. The summed E-state index contributed by atoms with van der Waals surface area (Å²) >= 11 is 0. The predicted molar refractivity (Wildman–Crippen MR) is 54.0 cm³/mol. The number of hydrogen-bond donors (Lipinski definition) is 3. The molecule has 0 amide bonds. The maximum Gasteiger partial charge on any atom is 0.324 e. The predicted octanol–water partition coefficient (Wildman–Crippen LogP) is -0.687. The fourth-order valence-corrected chi connectivity index (χ4v) is 0.808. The molecule has 15 heavy (non-hydrogen) atoms. The van der Waals surface area contributed by atoms with E-state index in [2.05, 4.69) is 0 Å². The standard InChI is InChI=1S/C9H18N2O4/c1-4(2)6(10)9(14)15-5(3)7(11)8(12)13/h4-7H,10-11H2,1-3H3,(H,12,13)/t5-,6+,7+/m0/s1. The molecule has 0 heterocycles. The molecule has 0 saturated carbocycles. The quantitative estimate of drug-likeness (QED) is 0.526. The first kappa shape index (κ1) is 13.9. The topological polar surface area (TPSA) is 116 Å². The highest BCUT2D eigenvalue weighted by molar-refractivity contribution is 5.78. The van der Waals surface area contributed by atoms with E-state index in [0.717, 1.165) is 0 Å². The van der Waals surface area contributed by atoms with Crippen LogP contribution in [0.3, 0.4) is 0 Å². The summed E-state index contributed by atoms with van der Waals surface area (Å²) in [5, 5.41) is 8.57. The van der Waals surface area contributed by atoms with Crippen LogP contribution in [0.2, 0.25) is 0 Å². The molecule has 0 aromatic carbocycles. The van der Waals surface area contributed by atoms with E-state index < -0.39 is 30.1 Å². The molecule has 0 rings (SSSR count). The lowest BCUT2D eigenvalue weighted by Gasteiger charge is -2.20. The average molecular weight is 218 g/mol. The first-order valence-corrected chi connectivity index (χ1v) is 4.71. The van der Waals surface area contributed by atoms with Crippen LogP contribution in [-0.4, -0.2) is 35.2 Å². The van der Waals surface area contributed by atoms with Gasteiger partial charge in [0.1, 0.15) is 18.2 Å². The van der Waals surface area contributed by atoms with Crippen LogP contribution in [0.5, 0.6) is 0 Å². The van der Waals surface area contributed by atoms with E-state index in [-0.39, 0.29) is 5.92 Å². The van der Waals surface area contributed by atoms with Crippen LogP contribution in [0, 0.1) is 5.92 Å². The van der Waals surface area contributed by atoms with Gasteiger partial charge >= 0.3 is 11.9 Å².